The lowest BCUT2D eigenvalue weighted by molar-refractivity contribution is -0.141. The Morgan fingerprint density at radius 3 is 2.18 bits per heavy atom. The van der Waals surface area contributed by atoms with E-state index in [2.05, 4.69) is 51.3 Å². The summed E-state index contributed by atoms with van der Waals surface area (Å²) in [6.07, 6.45) is 0.672. The molecule has 0 unspecified atom stereocenters. The van der Waals surface area contributed by atoms with Crippen molar-refractivity contribution in [1.29, 1.82) is 0 Å². The fourth-order valence-electron chi connectivity index (χ4n) is 2.56. The van der Waals surface area contributed by atoms with Crippen molar-refractivity contribution in [2.24, 2.45) is 5.92 Å². The maximum Gasteiger partial charge on any atom is 0.223 e. The van der Waals surface area contributed by atoms with E-state index in [1.54, 1.807) is 0 Å². The Bertz CT molecular complexity index is 271. The molecule has 100 valence electrons. The molecule has 0 saturated carbocycles. The van der Waals surface area contributed by atoms with Crippen LogP contribution in [0.15, 0.2) is 0 Å². The number of carbonyl (C=O) groups excluding carboxylic acids is 1. The lowest BCUT2D eigenvalue weighted by atomic mass is 9.96. The highest BCUT2D eigenvalue weighted by molar-refractivity contribution is 5.77. The standard InChI is InChI=1S/C14H28N2O/c1-11(2)9-13(17)16-8-7-15(12(3)4)10-14(16,5)6/h11-12H,7-10H2,1-6H3. The third kappa shape index (κ3) is 3.70. The molecule has 1 aliphatic rings. The van der Waals surface area contributed by atoms with E-state index in [9.17, 15) is 4.79 Å². The second kappa shape index (κ2) is 5.38. The molecule has 1 saturated heterocycles. The van der Waals surface area contributed by atoms with Gasteiger partial charge in [-0.05, 0) is 33.6 Å². The van der Waals surface area contributed by atoms with E-state index < -0.39 is 0 Å². The van der Waals surface area contributed by atoms with Crippen molar-refractivity contribution in [3.05, 3.63) is 0 Å². The Kier molecular flexibility index (Phi) is 4.59. The summed E-state index contributed by atoms with van der Waals surface area (Å²) < 4.78 is 0. The third-order valence-electron chi connectivity index (χ3n) is 3.55. The smallest absolute Gasteiger partial charge is 0.223 e. The van der Waals surface area contributed by atoms with Gasteiger partial charge in [0.2, 0.25) is 5.91 Å². The molecule has 0 atom stereocenters. The van der Waals surface area contributed by atoms with Crippen LogP contribution in [0.5, 0.6) is 0 Å². The first-order valence-electron chi connectivity index (χ1n) is 6.78. The van der Waals surface area contributed by atoms with Crippen molar-refractivity contribution in [2.45, 2.75) is 59.5 Å². The Morgan fingerprint density at radius 1 is 1.18 bits per heavy atom. The lowest BCUT2D eigenvalue weighted by Crippen LogP contribution is -2.62. The second-order valence-electron chi connectivity index (χ2n) is 6.52. The molecule has 3 heteroatoms. The van der Waals surface area contributed by atoms with E-state index >= 15 is 0 Å². The van der Waals surface area contributed by atoms with E-state index in [-0.39, 0.29) is 5.54 Å². The first-order valence-corrected chi connectivity index (χ1v) is 6.78. The average Bonchev–Trinajstić information content (AvgIpc) is 2.14. The minimum Gasteiger partial charge on any atom is -0.335 e. The van der Waals surface area contributed by atoms with Crippen LogP contribution in [-0.2, 0) is 4.79 Å². The van der Waals surface area contributed by atoms with Gasteiger partial charge in [0.1, 0.15) is 0 Å². The maximum absolute atomic E-state index is 12.2. The number of hydrogen-bond donors (Lipinski definition) is 0. The lowest BCUT2D eigenvalue weighted by Gasteiger charge is -2.48. The predicted octanol–water partition coefficient (Wildman–Crippen LogP) is 2.36. The second-order valence-corrected chi connectivity index (χ2v) is 6.52. The number of piperazine rings is 1. The van der Waals surface area contributed by atoms with Crippen LogP contribution in [0.25, 0.3) is 0 Å². The summed E-state index contributed by atoms with van der Waals surface area (Å²) >= 11 is 0. The number of amides is 1. The van der Waals surface area contributed by atoms with E-state index in [1.807, 2.05) is 0 Å². The highest BCUT2D eigenvalue weighted by atomic mass is 16.2. The molecule has 1 rings (SSSR count). The SMILES string of the molecule is CC(C)CC(=O)N1CCN(C(C)C)CC1(C)C. The van der Waals surface area contributed by atoms with Crippen LogP contribution in [-0.4, -0.2) is 46.9 Å². The van der Waals surface area contributed by atoms with Crippen molar-refractivity contribution in [2.75, 3.05) is 19.6 Å². The molecule has 0 aliphatic carbocycles. The minimum atomic E-state index is -0.0332. The predicted molar refractivity (Wildman–Crippen MR) is 72.0 cm³/mol. The summed E-state index contributed by atoms with van der Waals surface area (Å²) in [6.45, 7) is 15.9. The average molecular weight is 240 g/mol. The Balaban J connectivity index is 2.67. The van der Waals surface area contributed by atoms with Gasteiger partial charge in [-0.1, -0.05) is 13.8 Å². The van der Waals surface area contributed by atoms with Crippen LogP contribution >= 0.6 is 0 Å². The topological polar surface area (TPSA) is 23.6 Å². The zero-order valence-electron chi connectivity index (χ0n) is 12.3. The normalized spacial score (nSPS) is 21.3. The Labute approximate surface area is 106 Å². The van der Waals surface area contributed by atoms with Crippen LogP contribution in [0.4, 0.5) is 0 Å². The van der Waals surface area contributed by atoms with Crippen LogP contribution in [0.3, 0.4) is 0 Å². The van der Waals surface area contributed by atoms with Crippen molar-refractivity contribution in [3.8, 4) is 0 Å². The van der Waals surface area contributed by atoms with Gasteiger partial charge in [0.15, 0.2) is 0 Å². The van der Waals surface area contributed by atoms with Crippen LogP contribution in [0.2, 0.25) is 0 Å². The van der Waals surface area contributed by atoms with E-state index in [0.717, 1.165) is 19.6 Å². The highest BCUT2D eigenvalue weighted by Gasteiger charge is 2.37. The van der Waals surface area contributed by atoms with Crippen molar-refractivity contribution in [3.63, 3.8) is 0 Å². The quantitative estimate of drug-likeness (QED) is 0.756. The summed E-state index contributed by atoms with van der Waals surface area (Å²) in [5, 5.41) is 0. The van der Waals surface area contributed by atoms with Gasteiger partial charge >= 0.3 is 0 Å². The first-order chi connectivity index (χ1) is 7.74. The zero-order chi connectivity index (χ0) is 13.2. The molecule has 0 spiro atoms. The van der Waals surface area contributed by atoms with E-state index in [1.165, 1.54) is 0 Å². The molecular formula is C14H28N2O. The van der Waals surface area contributed by atoms with Gasteiger partial charge in [0, 0.05) is 37.6 Å². The van der Waals surface area contributed by atoms with Crippen molar-refractivity contribution in [1.82, 2.24) is 9.80 Å². The van der Waals surface area contributed by atoms with Gasteiger partial charge in [0.25, 0.3) is 0 Å². The molecule has 0 aromatic rings. The number of nitrogens with zero attached hydrogens (tertiary/aromatic N) is 2. The third-order valence-corrected chi connectivity index (χ3v) is 3.55. The van der Waals surface area contributed by atoms with E-state index in [0.29, 0.717) is 24.3 Å². The number of rotatable bonds is 3. The minimum absolute atomic E-state index is 0.0332. The Hall–Kier alpha value is -0.570. The molecule has 1 heterocycles. The fraction of sp³-hybridized carbons (Fsp3) is 0.929. The summed E-state index contributed by atoms with van der Waals surface area (Å²) in [5.41, 5.74) is -0.0332. The molecule has 0 aromatic heterocycles. The van der Waals surface area contributed by atoms with Gasteiger partial charge in [-0.2, -0.15) is 0 Å². The van der Waals surface area contributed by atoms with Crippen LogP contribution < -0.4 is 0 Å². The van der Waals surface area contributed by atoms with Gasteiger partial charge < -0.3 is 4.90 Å². The van der Waals surface area contributed by atoms with Crippen molar-refractivity contribution >= 4 is 5.91 Å². The largest absolute Gasteiger partial charge is 0.335 e. The van der Waals surface area contributed by atoms with Crippen LogP contribution in [0.1, 0.15) is 48.0 Å². The first kappa shape index (κ1) is 14.5. The summed E-state index contributed by atoms with van der Waals surface area (Å²) in [5.74, 6) is 0.759. The highest BCUT2D eigenvalue weighted by Crippen LogP contribution is 2.24. The molecule has 3 nitrogen and oxygen atoms in total. The molecule has 1 aliphatic heterocycles. The van der Waals surface area contributed by atoms with Gasteiger partial charge in [-0.15, -0.1) is 0 Å². The van der Waals surface area contributed by atoms with E-state index in [4.69, 9.17) is 0 Å². The number of hydrogen-bond acceptors (Lipinski definition) is 2. The molecule has 1 fully saturated rings. The van der Waals surface area contributed by atoms with Crippen molar-refractivity contribution < 1.29 is 4.79 Å². The Morgan fingerprint density at radius 2 is 1.76 bits per heavy atom. The summed E-state index contributed by atoms with van der Waals surface area (Å²) in [7, 11) is 0. The molecule has 0 bridgehead atoms. The maximum atomic E-state index is 12.2. The molecule has 0 radical (unpaired) electrons. The zero-order valence-corrected chi connectivity index (χ0v) is 12.3. The monoisotopic (exact) mass is 240 g/mol. The summed E-state index contributed by atoms with van der Waals surface area (Å²) in [6, 6.07) is 0.566. The fourth-order valence-corrected chi connectivity index (χ4v) is 2.56. The number of carbonyl (C=O) groups is 1. The van der Waals surface area contributed by atoms with Gasteiger partial charge in [-0.3, -0.25) is 9.69 Å². The molecule has 17 heavy (non-hydrogen) atoms. The molecule has 0 aromatic carbocycles. The van der Waals surface area contributed by atoms with Gasteiger partial charge in [0.05, 0.1) is 0 Å². The van der Waals surface area contributed by atoms with Crippen LogP contribution in [0, 0.1) is 5.92 Å². The molecule has 0 N–H and O–H groups in total. The van der Waals surface area contributed by atoms with Gasteiger partial charge in [-0.25, -0.2) is 0 Å². The molecular weight excluding hydrogens is 212 g/mol. The summed E-state index contributed by atoms with van der Waals surface area (Å²) in [4.78, 5) is 16.7. The molecule has 1 amide bonds.